The number of anilines is 1. The zero-order chi connectivity index (χ0) is 13.8. The fourth-order valence-corrected chi connectivity index (χ4v) is 2.12. The second-order valence-electron chi connectivity index (χ2n) is 4.95. The Labute approximate surface area is 124 Å². The maximum atomic E-state index is 13.8. The van der Waals surface area contributed by atoms with E-state index < -0.39 is 11.9 Å². The molecule has 1 aromatic carbocycles. The Hall–Kier alpha value is -1.33. The summed E-state index contributed by atoms with van der Waals surface area (Å²) in [5.74, 6) is -0.566. The highest BCUT2D eigenvalue weighted by Gasteiger charge is 2.18. The van der Waals surface area contributed by atoms with Gasteiger partial charge in [-0.1, -0.05) is 0 Å². The van der Waals surface area contributed by atoms with Crippen molar-refractivity contribution in [2.45, 2.75) is 44.8 Å². The number of hydrogen-bond acceptors (Lipinski definition) is 3. The van der Waals surface area contributed by atoms with E-state index in [2.05, 4.69) is 5.32 Å². The van der Waals surface area contributed by atoms with Crippen molar-refractivity contribution in [3.63, 3.8) is 0 Å². The average molecular weight is 303 g/mol. The van der Waals surface area contributed by atoms with Crippen LogP contribution in [0.5, 0.6) is 5.75 Å². The molecule has 6 heteroatoms. The van der Waals surface area contributed by atoms with E-state index in [1.165, 1.54) is 6.07 Å². The quantitative estimate of drug-likeness (QED) is 0.899. The van der Waals surface area contributed by atoms with Crippen molar-refractivity contribution in [2.24, 2.45) is 5.73 Å². The maximum absolute atomic E-state index is 13.8. The summed E-state index contributed by atoms with van der Waals surface area (Å²) in [6.45, 7) is 1.57. The molecule has 0 bridgehead atoms. The van der Waals surface area contributed by atoms with Crippen LogP contribution < -0.4 is 15.8 Å². The molecule has 112 valence electrons. The van der Waals surface area contributed by atoms with E-state index in [0.29, 0.717) is 5.69 Å². The Morgan fingerprint density at radius 3 is 2.65 bits per heavy atom. The van der Waals surface area contributed by atoms with Crippen LogP contribution in [0.1, 0.15) is 32.6 Å². The van der Waals surface area contributed by atoms with E-state index in [1.54, 1.807) is 19.1 Å². The van der Waals surface area contributed by atoms with E-state index >= 15 is 0 Å². The number of hydrogen-bond donors (Lipinski definition) is 2. The first-order valence-electron chi connectivity index (χ1n) is 6.59. The molecular weight excluding hydrogens is 283 g/mol. The Bertz CT molecular complexity index is 462. The second-order valence-corrected chi connectivity index (χ2v) is 4.95. The van der Waals surface area contributed by atoms with E-state index in [-0.39, 0.29) is 30.2 Å². The normalized spacial score (nSPS) is 16.4. The third kappa shape index (κ3) is 4.35. The molecule has 3 N–H and O–H groups in total. The number of benzene rings is 1. The van der Waals surface area contributed by atoms with Crippen LogP contribution in [-0.2, 0) is 4.79 Å². The molecule has 2 rings (SSSR count). The number of halogens is 2. The van der Waals surface area contributed by atoms with E-state index in [0.717, 1.165) is 25.7 Å². The van der Waals surface area contributed by atoms with Crippen molar-refractivity contribution in [3.8, 4) is 5.75 Å². The van der Waals surface area contributed by atoms with Crippen molar-refractivity contribution < 1.29 is 13.9 Å². The lowest BCUT2D eigenvalue weighted by molar-refractivity contribution is -0.117. The molecule has 1 amide bonds. The fourth-order valence-electron chi connectivity index (χ4n) is 2.12. The van der Waals surface area contributed by atoms with Gasteiger partial charge in [-0.2, -0.15) is 0 Å². The summed E-state index contributed by atoms with van der Waals surface area (Å²) < 4.78 is 19.4. The van der Waals surface area contributed by atoms with Gasteiger partial charge in [-0.15, -0.1) is 12.4 Å². The molecule has 20 heavy (non-hydrogen) atoms. The minimum Gasteiger partial charge on any atom is -0.487 e. The third-order valence-electron chi connectivity index (χ3n) is 3.21. The number of rotatable bonds is 4. The summed E-state index contributed by atoms with van der Waals surface area (Å²) in [6, 6.07) is 3.79. The molecule has 0 saturated heterocycles. The molecule has 1 saturated carbocycles. The Balaban J connectivity index is 0.00000200. The molecule has 1 atom stereocenters. The number of amides is 1. The molecule has 0 unspecified atom stereocenters. The van der Waals surface area contributed by atoms with E-state index in [1.807, 2.05) is 0 Å². The van der Waals surface area contributed by atoms with Crippen LogP contribution in [0, 0.1) is 5.82 Å². The monoisotopic (exact) mass is 302 g/mol. The lowest BCUT2D eigenvalue weighted by atomic mass is 10.2. The topological polar surface area (TPSA) is 64.4 Å². The van der Waals surface area contributed by atoms with Crippen LogP contribution >= 0.6 is 12.4 Å². The standard InChI is InChI=1S/C14H19FN2O2.ClH/c1-9(16)14(18)17-10-6-7-13(12(15)8-10)19-11-4-2-3-5-11;/h6-9,11H,2-5,16H2,1H3,(H,17,18);1H/t9-;/m0./s1. The van der Waals surface area contributed by atoms with Crippen molar-refractivity contribution in [1.29, 1.82) is 0 Å². The SMILES string of the molecule is C[C@H](N)C(=O)Nc1ccc(OC2CCCC2)c(F)c1.Cl. The van der Waals surface area contributed by atoms with Gasteiger partial charge in [-0.25, -0.2) is 4.39 Å². The maximum Gasteiger partial charge on any atom is 0.241 e. The van der Waals surface area contributed by atoms with Crippen LogP contribution in [0.4, 0.5) is 10.1 Å². The van der Waals surface area contributed by atoms with Crippen LogP contribution in [-0.4, -0.2) is 18.1 Å². The zero-order valence-electron chi connectivity index (χ0n) is 11.4. The minimum atomic E-state index is -0.627. The fraction of sp³-hybridized carbons (Fsp3) is 0.500. The number of ether oxygens (including phenoxy) is 1. The Kier molecular flexibility index (Phi) is 6.23. The minimum absolute atomic E-state index is 0. The van der Waals surface area contributed by atoms with Gasteiger partial charge >= 0.3 is 0 Å². The lowest BCUT2D eigenvalue weighted by Crippen LogP contribution is -2.32. The highest BCUT2D eigenvalue weighted by atomic mass is 35.5. The molecule has 1 aromatic rings. The van der Waals surface area contributed by atoms with Gasteiger partial charge in [0, 0.05) is 11.8 Å². The number of nitrogens with two attached hydrogens (primary N) is 1. The van der Waals surface area contributed by atoms with Gasteiger partial charge < -0.3 is 15.8 Å². The summed E-state index contributed by atoms with van der Waals surface area (Å²) in [4.78, 5) is 11.4. The summed E-state index contributed by atoms with van der Waals surface area (Å²) in [5.41, 5.74) is 5.82. The lowest BCUT2D eigenvalue weighted by Gasteiger charge is -2.14. The van der Waals surface area contributed by atoms with Gasteiger partial charge in [0.25, 0.3) is 0 Å². The molecule has 1 aliphatic carbocycles. The first-order valence-corrected chi connectivity index (χ1v) is 6.59. The van der Waals surface area contributed by atoms with Gasteiger partial charge in [-0.05, 0) is 44.7 Å². The summed E-state index contributed by atoms with van der Waals surface area (Å²) in [5, 5.41) is 2.54. The molecule has 0 aromatic heterocycles. The second kappa shape index (κ2) is 7.45. The molecule has 0 aliphatic heterocycles. The van der Waals surface area contributed by atoms with Gasteiger partial charge in [0.15, 0.2) is 11.6 Å². The van der Waals surface area contributed by atoms with Crippen molar-refractivity contribution in [3.05, 3.63) is 24.0 Å². The largest absolute Gasteiger partial charge is 0.487 e. The molecule has 4 nitrogen and oxygen atoms in total. The number of carbonyl (C=O) groups excluding carboxylic acids is 1. The van der Waals surface area contributed by atoms with Crippen molar-refractivity contribution >= 4 is 24.0 Å². The zero-order valence-corrected chi connectivity index (χ0v) is 12.2. The van der Waals surface area contributed by atoms with Crippen molar-refractivity contribution in [1.82, 2.24) is 0 Å². The predicted molar refractivity (Wildman–Crippen MR) is 78.8 cm³/mol. The first kappa shape index (κ1) is 16.7. The Morgan fingerprint density at radius 2 is 2.10 bits per heavy atom. The molecule has 1 aliphatic rings. The van der Waals surface area contributed by atoms with Crippen molar-refractivity contribution in [2.75, 3.05) is 5.32 Å². The summed E-state index contributed by atoms with van der Waals surface area (Å²) in [6.07, 6.45) is 4.33. The van der Waals surface area contributed by atoms with E-state index in [9.17, 15) is 9.18 Å². The van der Waals surface area contributed by atoms with Gasteiger partial charge in [-0.3, -0.25) is 4.79 Å². The Morgan fingerprint density at radius 1 is 1.45 bits per heavy atom. The van der Waals surface area contributed by atoms with Crippen LogP contribution in [0.3, 0.4) is 0 Å². The molecule has 1 fully saturated rings. The molecule has 0 radical (unpaired) electrons. The van der Waals surface area contributed by atoms with E-state index in [4.69, 9.17) is 10.5 Å². The molecule has 0 heterocycles. The van der Waals surface area contributed by atoms with Crippen LogP contribution in [0.2, 0.25) is 0 Å². The highest BCUT2D eigenvalue weighted by molar-refractivity contribution is 5.94. The van der Waals surface area contributed by atoms with Crippen LogP contribution in [0.25, 0.3) is 0 Å². The highest BCUT2D eigenvalue weighted by Crippen LogP contribution is 2.27. The van der Waals surface area contributed by atoms with Gasteiger partial charge in [0.1, 0.15) is 0 Å². The molecular formula is C14H20ClFN2O2. The summed E-state index contributed by atoms with van der Waals surface area (Å²) in [7, 11) is 0. The average Bonchev–Trinajstić information content (AvgIpc) is 2.85. The number of nitrogens with one attached hydrogen (secondary N) is 1. The first-order chi connectivity index (χ1) is 9.06. The smallest absolute Gasteiger partial charge is 0.241 e. The molecule has 0 spiro atoms. The van der Waals surface area contributed by atoms with Crippen LogP contribution in [0.15, 0.2) is 18.2 Å². The third-order valence-corrected chi connectivity index (χ3v) is 3.21. The van der Waals surface area contributed by atoms with Gasteiger partial charge in [0.05, 0.1) is 12.1 Å². The summed E-state index contributed by atoms with van der Waals surface area (Å²) >= 11 is 0. The van der Waals surface area contributed by atoms with Gasteiger partial charge in [0.2, 0.25) is 5.91 Å². The predicted octanol–water partition coefficient (Wildman–Crippen LogP) is 2.85. The number of carbonyl (C=O) groups is 1.